The van der Waals surface area contributed by atoms with Crippen LogP contribution in [0.5, 0.6) is 0 Å². The number of esters is 1. The van der Waals surface area contributed by atoms with E-state index in [-0.39, 0.29) is 5.78 Å². The van der Waals surface area contributed by atoms with Gasteiger partial charge in [0.1, 0.15) is 11.7 Å². The van der Waals surface area contributed by atoms with Gasteiger partial charge in [-0.1, -0.05) is 12.2 Å². The molecule has 0 aliphatic heterocycles. The Morgan fingerprint density at radius 2 is 2.06 bits per heavy atom. The van der Waals surface area contributed by atoms with Crippen LogP contribution in [0.25, 0.3) is 0 Å². The van der Waals surface area contributed by atoms with Gasteiger partial charge in [0.15, 0.2) is 0 Å². The Hall–Kier alpha value is -1.58. The predicted octanol–water partition coefficient (Wildman–Crippen LogP) is 1.43. The molecule has 16 heavy (non-hydrogen) atoms. The third kappa shape index (κ3) is 4.77. The minimum atomic E-state index is -0.721. The van der Waals surface area contributed by atoms with Crippen molar-refractivity contribution in [2.45, 2.75) is 20.3 Å². The van der Waals surface area contributed by atoms with Gasteiger partial charge < -0.3 is 10.1 Å². The van der Waals surface area contributed by atoms with Gasteiger partial charge in [-0.15, -0.1) is 0 Å². The summed E-state index contributed by atoms with van der Waals surface area (Å²) in [6, 6.07) is 0. The molecule has 0 saturated carbocycles. The van der Waals surface area contributed by atoms with E-state index in [0.29, 0.717) is 6.42 Å². The summed E-state index contributed by atoms with van der Waals surface area (Å²) in [4.78, 5) is 22.7. The topological polar surface area (TPSA) is 55.4 Å². The van der Waals surface area contributed by atoms with Crippen molar-refractivity contribution in [1.29, 1.82) is 0 Å². The molecule has 0 heterocycles. The molecule has 1 unspecified atom stereocenters. The molecule has 1 atom stereocenters. The van der Waals surface area contributed by atoms with Crippen LogP contribution < -0.4 is 5.32 Å². The van der Waals surface area contributed by atoms with Crippen molar-refractivity contribution in [3.8, 4) is 0 Å². The van der Waals surface area contributed by atoms with Gasteiger partial charge in [-0.25, -0.2) is 0 Å². The minimum absolute atomic E-state index is 0.182. The number of allylic oxidation sites excluding steroid dienone is 3. The molecule has 1 N–H and O–H groups in total. The van der Waals surface area contributed by atoms with Gasteiger partial charge in [-0.2, -0.15) is 0 Å². The third-order valence-electron chi connectivity index (χ3n) is 2.13. The number of carbonyl (C=O) groups excluding carboxylic acids is 2. The van der Waals surface area contributed by atoms with Gasteiger partial charge in [-0.3, -0.25) is 9.59 Å². The van der Waals surface area contributed by atoms with Crippen molar-refractivity contribution in [1.82, 2.24) is 5.32 Å². The molecule has 90 valence electrons. The Kier molecular flexibility index (Phi) is 6.92. The van der Waals surface area contributed by atoms with Gasteiger partial charge >= 0.3 is 5.97 Å². The highest BCUT2D eigenvalue weighted by Crippen LogP contribution is 2.15. The van der Waals surface area contributed by atoms with Crippen LogP contribution in [-0.2, 0) is 14.3 Å². The quantitative estimate of drug-likeness (QED) is 0.422. The molecule has 0 saturated heterocycles. The molecule has 4 heteroatoms. The van der Waals surface area contributed by atoms with E-state index in [1.807, 2.05) is 19.1 Å². The number of hydrogen-bond acceptors (Lipinski definition) is 4. The summed E-state index contributed by atoms with van der Waals surface area (Å²) < 4.78 is 4.60. The number of ketones is 1. The highest BCUT2D eigenvalue weighted by Gasteiger charge is 2.24. The molecule has 0 bridgehead atoms. The minimum Gasteiger partial charge on any atom is -0.468 e. The summed E-state index contributed by atoms with van der Waals surface area (Å²) in [5.74, 6) is -1.39. The van der Waals surface area contributed by atoms with Gasteiger partial charge in [0.2, 0.25) is 0 Å². The lowest BCUT2D eigenvalue weighted by atomic mass is 9.96. The smallest absolute Gasteiger partial charge is 0.316 e. The number of ether oxygens (including phenoxy) is 1. The van der Waals surface area contributed by atoms with Crippen molar-refractivity contribution in [3.05, 3.63) is 23.9 Å². The number of Topliss-reactive ketones (excluding diaryl/α,β-unsaturated/α-hetero) is 1. The fraction of sp³-hybridized carbons (Fsp3) is 0.500. The van der Waals surface area contributed by atoms with Crippen molar-refractivity contribution >= 4 is 11.8 Å². The largest absolute Gasteiger partial charge is 0.468 e. The van der Waals surface area contributed by atoms with E-state index in [1.165, 1.54) is 14.0 Å². The second-order valence-electron chi connectivity index (χ2n) is 3.40. The second kappa shape index (κ2) is 7.68. The predicted molar refractivity (Wildman–Crippen MR) is 62.8 cm³/mol. The maximum Gasteiger partial charge on any atom is 0.316 e. The first-order valence-corrected chi connectivity index (χ1v) is 5.14. The molecular formula is C12H19NO3. The third-order valence-corrected chi connectivity index (χ3v) is 2.13. The lowest BCUT2D eigenvalue weighted by molar-refractivity contribution is -0.148. The maximum absolute atomic E-state index is 11.4. The lowest BCUT2D eigenvalue weighted by Crippen LogP contribution is -2.23. The summed E-state index contributed by atoms with van der Waals surface area (Å²) in [5.41, 5.74) is 0.885. The van der Waals surface area contributed by atoms with Crippen LogP contribution in [-0.4, -0.2) is 25.9 Å². The van der Waals surface area contributed by atoms with Crippen molar-refractivity contribution in [2.24, 2.45) is 5.92 Å². The zero-order chi connectivity index (χ0) is 12.6. The lowest BCUT2D eigenvalue weighted by Gasteiger charge is -2.11. The number of rotatable bonds is 6. The molecule has 0 aliphatic carbocycles. The highest BCUT2D eigenvalue weighted by molar-refractivity contribution is 5.98. The Morgan fingerprint density at radius 1 is 1.44 bits per heavy atom. The molecule has 0 aromatic carbocycles. The van der Waals surface area contributed by atoms with E-state index in [4.69, 9.17) is 0 Å². The summed E-state index contributed by atoms with van der Waals surface area (Å²) in [6.45, 7) is 3.28. The van der Waals surface area contributed by atoms with Crippen molar-refractivity contribution < 1.29 is 14.3 Å². The van der Waals surface area contributed by atoms with Gasteiger partial charge in [-0.05, 0) is 32.0 Å². The maximum atomic E-state index is 11.4. The molecule has 0 aliphatic rings. The van der Waals surface area contributed by atoms with Gasteiger partial charge in [0, 0.05) is 7.05 Å². The van der Waals surface area contributed by atoms with E-state index in [2.05, 4.69) is 10.1 Å². The van der Waals surface area contributed by atoms with Crippen LogP contribution >= 0.6 is 0 Å². The fourth-order valence-electron chi connectivity index (χ4n) is 1.35. The summed E-state index contributed by atoms with van der Waals surface area (Å²) in [6.07, 6.45) is 5.83. The van der Waals surface area contributed by atoms with Gasteiger partial charge in [0.25, 0.3) is 0 Å². The monoisotopic (exact) mass is 225 g/mol. The normalized spacial score (nSPS) is 13.6. The van der Waals surface area contributed by atoms with Crippen LogP contribution in [0.15, 0.2) is 23.9 Å². The zero-order valence-electron chi connectivity index (χ0n) is 10.2. The van der Waals surface area contributed by atoms with Crippen LogP contribution in [0.2, 0.25) is 0 Å². The molecule has 0 rings (SSSR count). The molecular weight excluding hydrogens is 206 g/mol. The molecule has 4 nitrogen and oxygen atoms in total. The summed E-state index contributed by atoms with van der Waals surface area (Å²) in [5, 5.41) is 2.88. The van der Waals surface area contributed by atoms with Crippen molar-refractivity contribution in [2.75, 3.05) is 14.2 Å². The molecule has 0 spiro atoms. The summed E-state index contributed by atoms with van der Waals surface area (Å²) >= 11 is 0. The average Bonchev–Trinajstić information content (AvgIpc) is 2.24. The first kappa shape index (κ1) is 14.4. The van der Waals surface area contributed by atoms with E-state index in [0.717, 1.165) is 5.57 Å². The number of nitrogens with one attached hydrogen (secondary N) is 1. The van der Waals surface area contributed by atoms with Crippen LogP contribution in [0.1, 0.15) is 20.3 Å². The second-order valence-corrected chi connectivity index (χ2v) is 3.40. The van der Waals surface area contributed by atoms with E-state index in [1.54, 1.807) is 13.2 Å². The standard InChI is InChI=1S/C12H19NO3/c1-5-6-10(8-13-3)7-11(9(2)14)12(15)16-4/h5-6,8,11,13H,7H2,1-4H3/b6-5-,10-8+. The first-order valence-electron chi connectivity index (χ1n) is 5.14. The van der Waals surface area contributed by atoms with E-state index in [9.17, 15) is 9.59 Å². The fourth-order valence-corrected chi connectivity index (χ4v) is 1.35. The van der Waals surface area contributed by atoms with Gasteiger partial charge in [0.05, 0.1) is 7.11 Å². The van der Waals surface area contributed by atoms with Crippen molar-refractivity contribution in [3.63, 3.8) is 0 Å². The molecule has 0 aromatic heterocycles. The molecule has 0 fully saturated rings. The van der Waals surface area contributed by atoms with E-state index < -0.39 is 11.9 Å². The van der Waals surface area contributed by atoms with Crippen LogP contribution in [0.3, 0.4) is 0 Å². The first-order chi connectivity index (χ1) is 7.56. The Morgan fingerprint density at radius 3 is 2.44 bits per heavy atom. The number of methoxy groups -OCH3 is 1. The molecule has 0 amide bonds. The van der Waals surface area contributed by atoms with Crippen LogP contribution in [0.4, 0.5) is 0 Å². The van der Waals surface area contributed by atoms with E-state index >= 15 is 0 Å². The SMILES string of the molecule is C/C=C\C(=C/NC)CC(C(C)=O)C(=O)OC. The van der Waals surface area contributed by atoms with Crippen LogP contribution in [0, 0.1) is 5.92 Å². The molecule has 0 radical (unpaired) electrons. The highest BCUT2D eigenvalue weighted by atomic mass is 16.5. The Bertz CT molecular complexity index is 305. The summed E-state index contributed by atoms with van der Waals surface area (Å²) in [7, 11) is 3.06. The zero-order valence-corrected chi connectivity index (χ0v) is 10.2. The average molecular weight is 225 g/mol. The number of hydrogen-bond donors (Lipinski definition) is 1. The Balaban J connectivity index is 4.78. The molecule has 0 aromatic rings. The number of carbonyl (C=O) groups is 2. The Labute approximate surface area is 96.4 Å².